The Morgan fingerprint density at radius 1 is 1.44 bits per heavy atom. The Hall–Kier alpha value is -1.08. The molecule has 1 aromatic heterocycles. The van der Waals surface area contributed by atoms with E-state index in [1.54, 1.807) is 0 Å². The van der Waals surface area contributed by atoms with E-state index in [4.69, 9.17) is 0 Å². The van der Waals surface area contributed by atoms with Crippen molar-refractivity contribution in [1.82, 2.24) is 15.3 Å². The molecule has 0 saturated carbocycles. The first-order chi connectivity index (χ1) is 7.58. The Bertz CT molecular complexity index is 454. The van der Waals surface area contributed by atoms with Crippen LogP contribution in [0.25, 0.3) is 0 Å². The average molecular weight is 245 g/mol. The Balaban J connectivity index is 2.14. The van der Waals surface area contributed by atoms with E-state index in [2.05, 4.69) is 15.3 Å². The topological polar surface area (TPSA) is 72.0 Å². The number of sulfone groups is 1. The summed E-state index contributed by atoms with van der Waals surface area (Å²) in [6, 6.07) is -0.0429. The van der Waals surface area contributed by atoms with Gasteiger partial charge in [-0.2, -0.15) is 0 Å². The Labute approximate surface area is 93.0 Å². The zero-order valence-electron chi connectivity index (χ0n) is 8.56. The van der Waals surface area contributed by atoms with Gasteiger partial charge in [-0.3, -0.25) is 0 Å². The predicted octanol–water partition coefficient (Wildman–Crippen LogP) is 0.141. The maximum absolute atomic E-state index is 12.5. The number of nitrogens with zero attached hydrogens (tertiary/aromatic N) is 2. The van der Waals surface area contributed by atoms with Crippen LogP contribution in [0.4, 0.5) is 4.39 Å². The smallest absolute Gasteiger partial charge is 0.247 e. The average Bonchev–Trinajstić information content (AvgIpc) is 2.70. The first-order valence-corrected chi connectivity index (χ1v) is 6.67. The van der Waals surface area contributed by atoms with E-state index in [1.165, 1.54) is 0 Å². The van der Waals surface area contributed by atoms with Crippen LogP contribution in [0, 0.1) is 5.82 Å². The molecular formula is C9H12FN3O2S. The minimum atomic E-state index is -3.51. The SMILES string of the molecule is O=S(=O)(CC1CCCN1)c1ncc(F)cn1. The van der Waals surface area contributed by atoms with Crippen molar-refractivity contribution in [3.05, 3.63) is 18.2 Å². The van der Waals surface area contributed by atoms with Crippen molar-refractivity contribution in [2.45, 2.75) is 24.0 Å². The second-order valence-corrected chi connectivity index (χ2v) is 5.69. The number of hydrogen-bond acceptors (Lipinski definition) is 5. The summed E-state index contributed by atoms with van der Waals surface area (Å²) in [6.45, 7) is 0.838. The van der Waals surface area contributed by atoms with Crippen molar-refractivity contribution in [2.75, 3.05) is 12.3 Å². The maximum atomic E-state index is 12.5. The lowest BCUT2D eigenvalue weighted by Crippen LogP contribution is -2.30. The normalized spacial score (nSPS) is 21.2. The van der Waals surface area contributed by atoms with Crippen LogP contribution in [0.2, 0.25) is 0 Å². The molecule has 1 fully saturated rings. The number of halogens is 1. The molecule has 16 heavy (non-hydrogen) atoms. The van der Waals surface area contributed by atoms with E-state index in [0.717, 1.165) is 31.8 Å². The van der Waals surface area contributed by atoms with Gasteiger partial charge < -0.3 is 5.32 Å². The standard InChI is InChI=1S/C9H12FN3O2S/c10-7-4-12-9(13-5-7)16(14,15)6-8-2-1-3-11-8/h4-5,8,11H,1-3,6H2. The third-order valence-corrected chi connectivity index (χ3v) is 4.07. The molecule has 2 rings (SSSR count). The second-order valence-electron chi connectivity index (χ2n) is 3.76. The molecule has 0 bridgehead atoms. The fraction of sp³-hybridized carbons (Fsp3) is 0.556. The van der Waals surface area contributed by atoms with E-state index in [-0.39, 0.29) is 17.0 Å². The lowest BCUT2D eigenvalue weighted by atomic mass is 10.3. The molecule has 0 radical (unpaired) electrons. The predicted molar refractivity (Wildman–Crippen MR) is 55.1 cm³/mol. The second kappa shape index (κ2) is 4.42. The highest BCUT2D eigenvalue weighted by atomic mass is 32.2. The highest BCUT2D eigenvalue weighted by molar-refractivity contribution is 7.91. The molecule has 1 aliphatic rings. The molecule has 7 heteroatoms. The monoisotopic (exact) mass is 245 g/mol. The van der Waals surface area contributed by atoms with Crippen LogP contribution in [0.15, 0.2) is 17.6 Å². The van der Waals surface area contributed by atoms with Gasteiger partial charge in [0.15, 0.2) is 5.82 Å². The summed E-state index contributed by atoms with van der Waals surface area (Å²) in [5.41, 5.74) is 0. The fourth-order valence-corrected chi connectivity index (χ4v) is 3.09. The van der Waals surface area contributed by atoms with Crippen molar-refractivity contribution in [3.8, 4) is 0 Å². The maximum Gasteiger partial charge on any atom is 0.247 e. The molecule has 1 atom stereocenters. The van der Waals surface area contributed by atoms with E-state index < -0.39 is 15.7 Å². The van der Waals surface area contributed by atoms with Crippen molar-refractivity contribution in [3.63, 3.8) is 0 Å². The molecule has 1 aromatic rings. The van der Waals surface area contributed by atoms with Crippen molar-refractivity contribution in [1.29, 1.82) is 0 Å². The van der Waals surface area contributed by atoms with E-state index in [0.29, 0.717) is 0 Å². The summed E-state index contributed by atoms with van der Waals surface area (Å²) < 4.78 is 36.2. The third-order valence-electron chi connectivity index (χ3n) is 2.46. The molecule has 0 amide bonds. The minimum Gasteiger partial charge on any atom is -0.313 e. The Morgan fingerprint density at radius 2 is 2.12 bits per heavy atom. The van der Waals surface area contributed by atoms with Crippen LogP contribution < -0.4 is 5.32 Å². The largest absolute Gasteiger partial charge is 0.313 e. The minimum absolute atomic E-state index is 0.0291. The zero-order valence-corrected chi connectivity index (χ0v) is 9.37. The molecular weight excluding hydrogens is 233 g/mol. The number of rotatable bonds is 3. The van der Waals surface area contributed by atoms with Crippen LogP contribution >= 0.6 is 0 Å². The van der Waals surface area contributed by atoms with Crippen LogP contribution in [0.5, 0.6) is 0 Å². The van der Waals surface area contributed by atoms with Gasteiger partial charge in [0.2, 0.25) is 15.0 Å². The molecule has 0 spiro atoms. The van der Waals surface area contributed by atoms with Crippen LogP contribution in [-0.2, 0) is 9.84 Å². The summed E-state index contributed by atoms with van der Waals surface area (Å²) in [5, 5.41) is 2.78. The third kappa shape index (κ3) is 2.53. The van der Waals surface area contributed by atoms with Gasteiger partial charge in [0.25, 0.3) is 0 Å². The molecule has 2 heterocycles. The first-order valence-electron chi connectivity index (χ1n) is 5.01. The number of hydrogen-bond donors (Lipinski definition) is 1. The highest BCUT2D eigenvalue weighted by Crippen LogP contribution is 2.12. The summed E-state index contributed by atoms with van der Waals surface area (Å²) in [7, 11) is -3.51. The number of aromatic nitrogens is 2. The van der Waals surface area contributed by atoms with Crippen LogP contribution in [-0.4, -0.2) is 36.7 Å². The Morgan fingerprint density at radius 3 is 2.69 bits per heavy atom. The van der Waals surface area contributed by atoms with Gasteiger partial charge in [-0.1, -0.05) is 0 Å². The number of nitrogens with one attached hydrogen (secondary N) is 1. The molecule has 1 unspecified atom stereocenters. The van der Waals surface area contributed by atoms with Gasteiger partial charge in [-0.05, 0) is 19.4 Å². The highest BCUT2D eigenvalue weighted by Gasteiger charge is 2.25. The molecule has 1 aliphatic heterocycles. The molecule has 1 saturated heterocycles. The van der Waals surface area contributed by atoms with Crippen molar-refractivity contribution >= 4 is 9.84 Å². The Kier molecular flexibility index (Phi) is 3.15. The van der Waals surface area contributed by atoms with Gasteiger partial charge in [0.05, 0.1) is 18.1 Å². The van der Waals surface area contributed by atoms with E-state index >= 15 is 0 Å². The lowest BCUT2D eigenvalue weighted by Gasteiger charge is -2.09. The van der Waals surface area contributed by atoms with Crippen LogP contribution in [0.1, 0.15) is 12.8 Å². The van der Waals surface area contributed by atoms with E-state index in [9.17, 15) is 12.8 Å². The van der Waals surface area contributed by atoms with Crippen molar-refractivity contribution in [2.24, 2.45) is 0 Å². The van der Waals surface area contributed by atoms with Gasteiger partial charge in [0.1, 0.15) is 0 Å². The quantitative estimate of drug-likeness (QED) is 0.767. The first kappa shape index (κ1) is 11.4. The molecule has 0 aromatic carbocycles. The summed E-state index contributed by atoms with van der Waals surface area (Å²) in [6.07, 6.45) is 3.54. The van der Waals surface area contributed by atoms with E-state index in [1.807, 2.05) is 0 Å². The van der Waals surface area contributed by atoms with Gasteiger partial charge in [-0.25, -0.2) is 22.8 Å². The summed E-state index contributed by atoms with van der Waals surface area (Å²) in [5.74, 6) is -0.670. The van der Waals surface area contributed by atoms with Crippen molar-refractivity contribution < 1.29 is 12.8 Å². The lowest BCUT2D eigenvalue weighted by molar-refractivity contribution is 0.562. The summed E-state index contributed by atoms with van der Waals surface area (Å²) in [4.78, 5) is 6.98. The van der Waals surface area contributed by atoms with Gasteiger partial charge in [0, 0.05) is 6.04 Å². The summed E-state index contributed by atoms with van der Waals surface area (Å²) >= 11 is 0. The molecule has 88 valence electrons. The molecule has 1 N–H and O–H groups in total. The fourth-order valence-electron chi connectivity index (χ4n) is 1.70. The molecule has 5 nitrogen and oxygen atoms in total. The van der Waals surface area contributed by atoms with Gasteiger partial charge in [-0.15, -0.1) is 0 Å². The van der Waals surface area contributed by atoms with Crippen LogP contribution in [0.3, 0.4) is 0 Å². The van der Waals surface area contributed by atoms with Gasteiger partial charge >= 0.3 is 0 Å². The molecule has 0 aliphatic carbocycles. The zero-order chi connectivity index (χ0) is 11.6.